The van der Waals surface area contributed by atoms with Crippen LogP contribution in [0, 0.1) is 12.7 Å². The number of hydrogen-bond donors (Lipinski definition) is 1. The van der Waals surface area contributed by atoms with Crippen molar-refractivity contribution in [3.63, 3.8) is 0 Å². The number of aromatic nitrogens is 1. The fourth-order valence-corrected chi connectivity index (χ4v) is 2.17. The van der Waals surface area contributed by atoms with Crippen LogP contribution in [0.5, 0.6) is 11.6 Å². The van der Waals surface area contributed by atoms with E-state index in [1.54, 1.807) is 25.4 Å². The number of rotatable bonds is 4. The third-order valence-corrected chi connectivity index (χ3v) is 3.14. The molecule has 1 aromatic heterocycles. The normalized spacial score (nSPS) is 10.5. The van der Waals surface area contributed by atoms with Gasteiger partial charge in [0.05, 0.1) is 0 Å². The van der Waals surface area contributed by atoms with Crippen LogP contribution < -0.4 is 10.1 Å². The molecule has 0 bridgehead atoms. The van der Waals surface area contributed by atoms with Gasteiger partial charge in [0.15, 0.2) is 5.82 Å². The second-order valence-corrected chi connectivity index (χ2v) is 5.05. The Morgan fingerprint density at radius 3 is 2.84 bits per heavy atom. The first-order chi connectivity index (χ1) is 9.11. The molecule has 3 nitrogen and oxygen atoms in total. The van der Waals surface area contributed by atoms with Gasteiger partial charge >= 0.3 is 0 Å². The fourth-order valence-electron chi connectivity index (χ4n) is 1.69. The van der Waals surface area contributed by atoms with Crippen LogP contribution in [0.15, 0.2) is 34.9 Å². The molecule has 19 heavy (non-hydrogen) atoms. The number of ether oxygens (including phenoxy) is 1. The molecule has 100 valence electrons. The van der Waals surface area contributed by atoms with Crippen molar-refractivity contribution < 1.29 is 9.13 Å². The van der Waals surface area contributed by atoms with Gasteiger partial charge in [-0.1, -0.05) is 15.9 Å². The first-order valence-electron chi connectivity index (χ1n) is 5.84. The van der Waals surface area contributed by atoms with Crippen molar-refractivity contribution >= 4 is 15.9 Å². The van der Waals surface area contributed by atoms with Crippen molar-refractivity contribution in [2.24, 2.45) is 0 Å². The van der Waals surface area contributed by atoms with Crippen molar-refractivity contribution in [2.75, 3.05) is 7.05 Å². The zero-order valence-electron chi connectivity index (χ0n) is 10.7. The zero-order valence-corrected chi connectivity index (χ0v) is 12.3. The molecule has 0 saturated heterocycles. The predicted molar refractivity (Wildman–Crippen MR) is 75.9 cm³/mol. The summed E-state index contributed by atoms with van der Waals surface area (Å²) in [4.78, 5) is 3.94. The van der Waals surface area contributed by atoms with Gasteiger partial charge in [-0.25, -0.2) is 9.37 Å². The summed E-state index contributed by atoms with van der Waals surface area (Å²) in [7, 11) is 1.76. The quantitative estimate of drug-likeness (QED) is 0.928. The third-order valence-electron chi connectivity index (χ3n) is 2.65. The highest BCUT2D eigenvalue weighted by Crippen LogP contribution is 2.28. The van der Waals surface area contributed by atoms with Crippen LogP contribution >= 0.6 is 15.9 Å². The van der Waals surface area contributed by atoms with E-state index in [2.05, 4.69) is 26.2 Å². The van der Waals surface area contributed by atoms with Crippen molar-refractivity contribution in [1.82, 2.24) is 10.3 Å². The topological polar surface area (TPSA) is 34.2 Å². The highest BCUT2D eigenvalue weighted by molar-refractivity contribution is 9.10. The molecule has 1 N–H and O–H groups in total. The summed E-state index contributed by atoms with van der Waals surface area (Å²) in [6, 6.07) is 7.17. The highest BCUT2D eigenvalue weighted by atomic mass is 79.9. The maximum absolute atomic E-state index is 14.1. The van der Waals surface area contributed by atoms with Gasteiger partial charge < -0.3 is 10.1 Å². The SMILES string of the molecule is CNCc1ccnc(Oc2ccc(Br)cc2C)c1F. The molecule has 1 heterocycles. The van der Waals surface area contributed by atoms with Crippen LogP contribution in [-0.4, -0.2) is 12.0 Å². The number of halogens is 2. The Morgan fingerprint density at radius 2 is 2.16 bits per heavy atom. The molecule has 0 radical (unpaired) electrons. The molecule has 0 fully saturated rings. The summed E-state index contributed by atoms with van der Waals surface area (Å²) in [5.41, 5.74) is 1.44. The summed E-state index contributed by atoms with van der Waals surface area (Å²) in [6.45, 7) is 2.33. The molecule has 1 aromatic carbocycles. The van der Waals surface area contributed by atoms with Gasteiger partial charge in [-0.3, -0.25) is 0 Å². The van der Waals surface area contributed by atoms with Crippen LogP contribution in [0.4, 0.5) is 4.39 Å². The summed E-state index contributed by atoms with van der Waals surface area (Å²) >= 11 is 3.37. The van der Waals surface area contributed by atoms with Crippen LogP contribution in [0.25, 0.3) is 0 Å². The number of nitrogens with one attached hydrogen (secondary N) is 1. The molecular weight excluding hydrogens is 311 g/mol. The lowest BCUT2D eigenvalue weighted by Gasteiger charge is -2.10. The van der Waals surface area contributed by atoms with Crippen LogP contribution in [0.2, 0.25) is 0 Å². The van der Waals surface area contributed by atoms with Crippen LogP contribution in [-0.2, 0) is 6.54 Å². The Labute approximate surface area is 119 Å². The highest BCUT2D eigenvalue weighted by Gasteiger charge is 2.12. The summed E-state index contributed by atoms with van der Waals surface area (Å²) in [6.07, 6.45) is 1.54. The minimum Gasteiger partial charge on any atom is -0.436 e. The summed E-state index contributed by atoms with van der Waals surface area (Å²) in [5, 5.41) is 2.91. The van der Waals surface area contributed by atoms with Gasteiger partial charge in [0.1, 0.15) is 5.75 Å². The van der Waals surface area contributed by atoms with Gasteiger partial charge in [0.2, 0.25) is 0 Å². The zero-order chi connectivity index (χ0) is 13.8. The molecule has 0 saturated carbocycles. The number of nitrogens with zero attached hydrogens (tertiary/aromatic N) is 1. The van der Waals surface area contributed by atoms with Gasteiger partial charge in [0, 0.05) is 22.8 Å². The molecule has 2 aromatic rings. The fraction of sp³-hybridized carbons (Fsp3) is 0.214. The second kappa shape index (κ2) is 6.12. The molecule has 0 aliphatic heterocycles. The Bertz CT molecular complexity index is 590. The molecular formula is C14H14BrFN2O. The molecule has 0 aliphatic rings. The van der Waals surface area contributed by atoms with E-state index in [0.29, 0.717) is 17.9 Å². The number of benzene rings is 1. The first kappa shape index (κ1) is 14.0. The molecule has 2 rings (SSSR count). The Balaban J connectivity index is 2.30. The average Bonchev–Trinajstić information content (AvgIpc) is 2.37. The van der Waals surface area contributed by atoms with E-state index in [4.69, 9.17) is 4.74 Å². The van der Waals surface area contributed by atoms with Crippen molar-refractivity contribution in [3.05, 3.63) is 51.9 Å². The average molecular weight is 325 g/mol. The molecule has 0 spiro atoms. The Hall–Kier alpha value is -1.46. The second-order valence-electron chi connectivity index (χ2n) is 4.13. The van der Waals surface area contributed by atoms with Crippen molar-refractivity contribution in [1.29, 1.82) is 0 Å². The predicted octanol–water partition coefficient (Wildman–Crippen LogP) is 3.80. The smallest absolute Gasteiger partial charge is 0.256 e. The lowest BCUT2D eigenvalue weighted by Crippen LogP contribution is -2.08. The van der Waals surface area contributed by atoms with E-state index in [1.807, 2.05) is 19.1 Å². The lowest BCUT2D eigenvalue weighted by molar-refractivity contribution is 0.415. The lowest BCUT2D eigenvalue weighted by atomic mass is 10.2. The van der Waals surface area contributed by atoms with Crippen molar-refractivity contribution in [3.8, 4) is 11.6 Å². The summed E-state index contributed by atoms with van der Waals surface area (Å²) < 4.78 is 20.6. The Morgan fingerprint density at radius 1 is 1.37 bits per heavy atom. The van der Waals surface area contributed by atoms with Crippen molar-refractivity contribution in [2.45, 2.75) is 13.5 Å². The number of pyridine rings is 1. The minimum atomic E-state index is -0.431. The molecule has 0 aliphatic carbocycles. The van der Waals surface area contributed by atoms with Crippen LogP contribution in [0.3, 0.4) is 0 Å². The van der Waals surface area contributed by atoms with E-state index in [-0.39, 0.29) is 5.88 Å². The van der Waals surface area contributed by atoms with E-state index >= 15 is 0 Å². The van der Waals surface area contributed by atoms with E-state index < -0.39 is 5.82 Å². The maximum Gasteiger partial charge on any atom is 0.256 e. The largest absolute Gasteiger partial charge is 0.436 e. The number of hydrogen-bond acceptors (Lipinski definition) is 3. The standard InChI is InChI=1S/C14H14BrFN2O/c1-9-7-11(15)3-4-12(9)19-14-13(16)10(8-17-2)5-6-18-14/h3-7,17H,8H2,1-2H3. The Kier molecular flexibility index (Phi) is 4.50. The first-order valence-corrected chi connectivity index (χ1v) is 6.63. The maximum atomic E-state index is 14.1. The van der Waals surface area contributed by atoms with E-state index in [1.165, 1.54) is 0 Å². The van der Waals surface area contributed by atoms with Gasteiger partial charge in [-0.15, -0.1) is 0 Å². The van der Waals surface area contributed by atoms with E-state index in [0.717, 1.165) is 10.0 Å². The van der Waals surface area contributed by atoms with Gasteiger partial charge in [-0.05, 0) is 43.8 Å². The van der Waals surface area contributed by atoms with E-state index in [9.17, 15) is 4.39 Å². The summed E-state index contributed by atoms with van der Waals surface area (Å²) in [5.74, 6) is 0.161. The van der Waals surface area contributed by atoms with Gasteiger partial charge in [-0.2, -0.15) is 0 Å². The molecule has 0 unspecified atom stereocenters. The monoisotopic (exact) mass is 324 g/mol. The van der Waals surface area contributed by atoms with Gasteiger partial charge in [0.25, 0.3) is 5.88 Å². The molecule has 0 amide bonds. The molecule has 0 atom stereocenters. The third kappa shape index (κ3) is 3.30. The molecule has 5 heteroatoms. The van der Waals surface area contributed by atoms with Crippen LogP contribution in [0.1, 0.15) is 11.1 Å². The number of aryl methyl sites for hydroxylation is 1. The minimum absolute atomic E-state index is 0.00169.